The van der Waals surface area contributed by atoms with Crippen LogP contribution in [0.15, 0.2) is 66.7 Å². The molecule has 3 aromatic carbocycles. The molecule has 0 bridgehead atoms. The van der Waals surface area contributed by atoms with Crippen molar-refractivity contribution in [3.63, 3.8) is 0 Å². The summed E-state index contributed by atoms with van der Waals surface area (Å²) in [7, 11) is 0. The SMILES string of the molecule is O=C(N[C@H](CCCNc1ccc([N+](=O)[O-])cc1[N+](=O)[O-])C(=O)O)OCC1c2ccccc2-c2ccccc21. The molecule has 3 N–H and O–H groups in total. The van der Waals surface area contributed by atoms with Crippen molar-refractivity contribution in [3.05, 3.63) is 98.1 Å². The number of nitro groups is 2. The van der Waals surface area contributed by atoms with Crippen LogP contribution in [0.2, 0.25) is 0 Å². The van der Waals surface area contributed by atoms with E-state index in [9.17, 15) is 34.9 Å². The fourth-order valence-electron chi connectivity index (χ4n) is 4.50. The zero-order chi connectivity index (χ0) is 27.2. The average Bonchev–Trinajstić information content (AvgIpc) is 3.22. The number of ether oxygens (including phenoxy) is 1. The first-order valence-electron chi connectivity index (χ1n) is 11.8. The van der Waals surface area contributed by atoms with Crippen molar-refractivity contribution >= 4 is 29.1 Å². The molecule has 0 fully saturated rings. The zero-order valence-corrected chi connectivity index (χ0v) is 20.0. The molecule has 0 saturated carbocycles. The lowest BCUT2D eigenvalue weighted by Crippen LogP contribution is -2.41. The summed E-state index contributed by atoms with van der Waals surface area (Å²) in [5.74, 6) is -1.42. The molecule has 0 aromatic heterocycles. The Kier molecular flexibility index (Phi) is 7.80. The molecule has 0 aliphatic heterocycles. The number of non-ortho nitro benzene ring substituents is 1. The Bertz CT molecular complexity index is 1350. The molecule has 196 valence electrons. The van der Waals surface area contributed by atoms with Gasteiger partial charge in [0.25, 0.3) is 11.4 Å². The van der Waals surface area contributed by atoms with E-state index in [1.807, 2.05) is 48.5 Å². The summed E-state index contributed by atoms with van der Waals surface area (Å²) in [5, 5.41) is 36.8. The topological polar surface area (TPSA) is 174 Å². The molecular weight excluding hydrogens is 496 g/mol. The molecule has 0 spiro atoms. The summed E-state index contributed by atoms with van der Waals surface area (Å²) in [6, 6.07) is 17.6. The van der Waals surface area contributed by atoms with E-state index in [2.05, 4.69) is 10.6 Å². The van der Waals surface area contributed by atoms with Gasteiger partial charge in [0.15, 0.2) is 0 Å². The normalized spacial score (nSPS) is 12.6. The van der Waals surface area contributed by atoms with Gasteiger partial charge in [0.2, 0.25) is 0 Å². The van der Waals surface area contributed by atoms with Crippen molar-refractivity contribution < 1.29 is 29.3 Å². The minimum Gasteiger partial charge on any atom is -0.480 e. The van der Waals surface area contributed by atoms with E-state index < -0.39 is 39.3 Å². The highest BCUT2D eigenvalue weighted by atomic mass is 16.6. The van der Waals surface area contributed by atoms with Gasteiger partial charge in [-0.3, -0.25) is 20.2 Å². The fraction of sp³-hybridized carbons (Fsp3) is 0.231. The van der Waals surface area contributed by atoms with E-state index in [-0.39, 0.29) is 37.6 Å². The van der Waals surface area contributed by atoms with E-state index in [4.69, 9.17) is 4.74 Å². The van der Waals surface area contributed by atoms with Crippen molar-refractivity contribution in [1.82, 2.24) is 5.32 Å². The maximum Gasteiger partial charge on any atom is 0.407 e. The smallest absolute Gasteiger partial charge is 0.407 e. The first-order valence-corrected chi connectivity index (χ1v) is 11.8. The van der Waals surface area contributed by atoms with E-state index in [0.717, 1.165) is 34.4 Å². The predicted octanol–water partition coefficient (Wildman–Crippen LogP) is 4.69. The van der Waals surface area contributed by atoms with Gasteiger partial charge in [-0.25, -0.2) is 9.59 Å². The summed E-state index contributed by atoms with van der Waals surface area (Å²) in [6.45, 7) is 0.173. The van der Waals surface area contributed by atoms with Crippen molar-refractivity contribution in [1.29, 1.82) is 0 Å². The third-order valence-electron chi connectivity index (χ3n) is 6.31. The van der Waals surface area contributed by atoms with Crippen LogP contribution in [0.4, 0.5) is 21.9 Å². The first kappa shape index (κ1) is 26.1. The number of anilines is 1. The van der Waals surface area contributed by atoms with Gasteiger partial charge in [0.05, 0.1) is 15.9 Å². The Balaban J connectivity index is 1.30. The lowest BCUT2D eigenvalue weighted by atomic mass is 9.98. The monoisotopic (exact) mass is 520 g/mol. The van der Waals surface area contributed by atoms with Crippen LogP contribution < -0.4 is 10.6 Å². The van der Waals surface area contributed by atoms with E-state index in [0.29, 0.717) is 0 Å². The highest BCUT2D eigenvalue weighted by Crippen LogP contribution is 2.44. The van der Waals surface area contributed by atoms with E-state index >= 15 is 0 Å². The summed E-state index contributed by atoms with van der Waals surface area (Å²) in [4.78, 5) is 44.8. The number of carbonyl (C=O) groups is 2. The molecule has 0 heterocycles. The molecule has 0 unspecified atom stereocenters. The van der Waals surface area contributed by atoms with Crippen LogP contribution in [-0.2, 0) is 9.53 Å². The van der Waals surface area contributed by atoms with Crippen LogP contribution in [0.5, 0.6) is 0 Å². The van der Waals surface area contributed by atoms with Gasteiger partial charge in [-0.1, -0.05) is 48.5 Å². The number of nitrogens with zero attached hydrogens (tertiary/aromatic N) is 2. The highest BCUT2D eigenvalue weighted by molar-refractivity contribution is 5.81. The molecule has 12 heteroatoms. The van der Waals surface area contributed by atoms with Gasteiger partial charge < -0.3 is 20.5 Å². The van der Waals surface area contributed by atoms with Crippen molar-refractivity contribution in [2.75, 3.05) is 18.5 Å². The highest BCUT2D eigenvalue weighted by Gasteiger charge is 2.29. The van der Waals surface area contributed by atoms with E-state index in [1.54, 1.807) is 0 Å². The summed E-state index contributed by atoms with van der Waals surface area (Å²) in [6.07, 6.45) is -0.611. The Labute approximate surface area is 216 Å². The largest absolute Gasteiger partial charge is 0.480 e. The minimum atomic E-state index is -1.25. The number of carbonyl (C=O) groups excluding carboxylic acids is 1. The molecule has 1 amide bonds. The standard InChI is InChI=1S/C26H24N4O8/c31-25(32)23(10-5-13-27-22-12-11-16(29(34)35)14-24(22)30(36)37)28-26(33)38-15-21-19-8-3-1-6-17(19)18-7-2-4-9-20(18)21/h1-4,6-9,11-12,14,21,23,27H,5,10,13,15H2,(H,28,33)(H,31,32)/t23-/m1/s1. The van der Waals surface area contributed by atoms with Crippen molar-refractivity contribution in [2.24, 2.45) is 0 Å². The summed E-state index contributed by atoms with van der Waals surface area (Å²) >= 11 is 0. The number of carboxylic acid groups (broad SMARTS) is 1. The Hall–Kier alpha value is -5.00. The Morgan fingerprint density at radius 3 is 2.16 bits per heavy atom. The van der Waals surface area contributed by atoms with Crippen molar-refractivity contribution in [2.45, 2.75) is 24.8 Å². The molecule has 3 aromatic rings. The molecule has 0 radical (unpaired) electrons. The van der Waals surface area contributed by atoms with Crippen LogP contribution in [0, 0.1) is 20.2 Å². The second-order valence-corrected chi connectivity index (χ2v) is 8.65. The number of nitrogens with one attached hydrogen (secondary N) is 2. The van der Waals surface area contributed by atoms with Crippen LogP contribution in [0.25, 0.3) is 11.1 Å². The maximum atomic E-state index is 12.5. The lowest BCUT2D eigenvalue weighted by Gasteiger charge is -2.17. The number of aliphatic carboxylic acids is 1. The third kappa shape index (κ3) is 5.69. The number of amides is 1. The molecule has 0 saturated heterocycles. The van der Waals surface area contributed by atoms with Gasteiger partial charge in [-0.15, -0.1) is 0 Å². The molecule has 38 heavy (non-hydrogen) atoms. The quantitative estimate of drug-likeness (QED) is 0.184. The first-order chi connectivity index (χ1) is 18.3. The van der Waals surface area contributed by atoms with Gasteiger partial charge >= 0.3 is 12.1 Å². The lowest BCUT2D eigenvalue weighted by molar-refractivity contribution is -0.393. The molecule has 1 atom stereocenters. The number of hydrogen-bond acceptors (Lipinski definition) is 8. The average molecular weight is 520 g/mol. The van der Waals surface area contributed by atoms with Gasteiger partial charge in [0, 0.05) is 18.5 Å². The number of hydrogen-bond donors (Lipinski definition) is 3. The number of nitro benzene ring substituents is 2. The number of fused-ring (bicyclic) bond motifs is 3. The number of carboxylic acids is 1. The van der Waals surface area contributed by atoms with Gasteiger partial charge in [-0.05, 0) is 41.2 Å². The Morgan fingerprint density at radius 2 is 1.58 bits per heavy atom. The third-order valence-corrected chi connectivity index (χ3v) is 6.31. The van der Waals surface area contributed by atoms with Crippen LogP contribution in [-0.4, -0.2) is 46.2 Å². The molecule has 1 aliphatic rings. The number of alkyl carbamates (subject to hydrolysis) is 1. The van der Waals surface area contributed by atoms with Crippen LogP contribution in [0.1, 0.15) is 29.9 Å². The van der Waals surface area contributed by atoms with Crippen LogP contribution >= 0.6 is 0 Å². The van der Waals surface area contributed by atoms with E-state index in [1.165, 1.54) is 6.07 Å². The van der Waals surface area contributed by atoms with Gasteiger partial charge in [-0.2, -0.15) is 0 Å². The predicted molar refractivity (Wildman–Crippen MR) is 137 cm³/mol. The van der Waals surface area contributed by atoms with Gasteiger partial charge in [0.1, 0.15) is 18.3 Å². The molecule has 12 nitrogen and oxygen atoms in total. The fourth-order valence-corrected chi connectivity index (χ4v) is 4.50. The maximum absolute atomic E-state index is 12.5. The molecular formula is C26H24N4O8. The minimum absolute atomic E-state index is 0.0211. The summed E-state index contributed by atoms with van der Waals surface area (Å²) < 4.78 is 5.41. The van der Waals surface area contributed by atoms with Crippen molar-refractivity contribution in [3.8, 4) is 11.1 Å². The second kappa shape index (κ2) is 11.4. The number of benzene rings is 3. The molecule has 1 aliphatic carbocycles. The number of rotatable bonds is 11. The van der Waals surface area contributed by atoms with Crippen LogP contribution in [0.3, 0.4) is 0 Å². The Morgan fingerprint density at radius 1 is 0.947 bits per heavy atom. The summed E-state index contributed by atoms with van der Waals surface area (Å²) in [5.41, 5.74) is 3.39. The molecule has 4 rings (SSSR count). The zero-order valence-electron chi connectivity index (χ0n) is 20.0. The second-order valence-electron chi connectivity index (χ2n) is 8.65.